The van der Waals surface area contributed by atoms with Crippen molar-refractivity contribution in [2.24, 2.45) is 9.98 Å². The predicted molar refractivity (Wildman–Crippen MR) is 137 cm³/mol. The maximum atomic E-state index is 5.05. The molecule has 3 aromatic rings. The minimum atomic E-state index is -0.00644. The van der Waals surface area contributed by atoms with Crippen LogP contribution in [0.15, 0.2) is 82.1 Å². The number of aliphatic imine (C=N–C) groups is 2. The van der Waals surface area contributed by atoms with E-state index in [0.29, 0.717) is 4.59 Å². The summed E-state index contributed by atoms with van der Waals surface area (Å²) in [6.45, 7) is 0.972. The molecule has 0 amide bonds. The van der Waals surface area contributed by atoms with E-state index in [1.807, 2.05) is 25.0 Å². The SMILES string of the molecule is CN(C)CC1(N(c2ccc3ccc(-c4cccs4)nc3c2)[N+]23C=CN=CC2=CN=C3)CCC1. The normalized spacial score (nSPS) is 22.5. The summed E-state index contributed by atoms with van der Waals surface area (Å²) in [5.74, 6) is 0. The number of nitrogens with zero attached hydrogens (tertiary/aromatic N) is 6. The quantitative estimate of drug-likeness (QED) is 0.466. The summed E-state index contributed by atoms with van der Waals surface area (Å²) >= 11 is 1.72. The minimum Gasteiger partial charge on any atom is -0.307 e. The Morgan fingerprint density at radius 1 is 1.09 bits per heavy atom. The standard InChI is InChI=1S/C26H27N6S/c1-30(2)18-26(10-4-11-26)31(32-13-12-27-16-22(32)17-28-19-32)21-8-6-20-7-9-23(29-24(20)15-21)25-5-3-14-33-25/h3,5-9,12-17,19H,4,10-11,18H2,1-2H3/q+1. The number of benzene rings is 1. The van der Waals surface area contributed by atoms with Crippen LogP contribution < -0.4 is 5.01 Å². The van der Waals surface area contributed by atoms with Crippen LogP contribution >= 0.6 is 11.3 Å². The van der Waals surface area contributed by atoms with Crippen LogP contribution in [-0.2, 0) is 0 Å². The lowest BCUT2D eigenvalue weighted by Crippen LogP contribution is -2.70. The number of hydrogen-bond donors (Lipinski definition) is 0. The van der Waals surface area contributed by atoms with Gasteiger partial charge in [-0.1, -0.05) is 18.2 Å². The van der Waals surface area contributed by atoms with Crippen molar-refractivity contribution in [3.63, 3.8) is 0 Å². The monoisotopic (exact) mass is 455 g/mol. The molecule has 6 rings (SSSR count). The van der Waals surface area contributed by atoms with Crippen molar-refractivity contribution in [3.8, 4) is 10.6 Å². The fourth-order valence-electron chi connectivity index (χ4n) is 5.34. The van der Waals surface area contributed by atoms with Gasteiger partial charge in [-0.3, -0.25) is 4.99 Å². The maximum Gasteiger partial charge on any atom is 0.225 e. The van der Waals surface area contributed by atoms with E-state index in [-0.39, 0.29) is 5.54 Å². The summed E-state index contributed by atoms with van der Waals surface area (Å²) in [4.78, 5) is 17.5. The van der Waals surface area contributed by atoms with Crippen molar-refractivity contribution < 1.29 is 4.59 Å². The number of aromatic nitrogens is 1. The summed E-state index contributed by atoms with van der Waals surface area (Å²) in [6, 6.07) is 15.2. The van der Waals surface area contributed by atoms with Crippen molar-refractivity contribution >= 4 is 40.5 Å². The number of anilines is 1. The van der Waals surface area contributed by atoms with Crippen molar-refractivity contribution in [3.05, 3.63) is 72.1 Å². The van der Waals surface area contributed by atoms with Gasteiger partial charge in [-0.05, 0) is 63.0 Å². The second-order valence-corrected chi connectivity index (χ2v) is 10.3. The first-order chi connectivity index (χ1) is 16.1. The third-order valence-electron chi connectivity index (χ3n) is 6.82. The van der Waals surface area contributed by atoms with E-state index in [0.717, 1.165) is 47.4 Å². The maximum absolute atomic E-state index is 5.05. The van der Waals surface area contributed by atoms with E-state index >= 15 is 0 Å². The Kier molecular flexibility index (Phi) is 4.79. The molecule has 2 aromatic heterocycles. The van der Waals surface area contributed by atoms with Crippen molar-refractivity contribution in [2.75, 3.05) is 25.6 Å². The number of hydrogen-bond acceptors (Lipinski definition) is 6. The minimum absolute atomic E-state index is 0.00644. The molecule has 6 nitrogen and oxygen atoms in total. The van der Waals surface area contributed by atoms with Crippen LogP contribution in [0.4, 0.5) is 5.69 Å². The fraction of sp³-hybridized carbons (Fsp3) is 0.269. The van der Waals surface area contributed by atoms with E-state index in [1.165, 1.54) is 11.3 Å². The number of fused-ring (bicyclic) bond motifs is 2. The van der Waals surface area contributed by atoms with E-state index in [2.05, 4.69) is 88.0 Å². The van der Waals surface area contributed by atoms with E-state index in [1.54, 1.807) is 11.3 Å². The number of allylic oxidation sites excluding steroid dienone is 1. The third kappa shape index (κ3) is 3.27. The van der Waals surface area contributed by atoms with Gasteiger partial charge in [-0.2, -0.15) is 0 Å². The van der Waals surface area contributed by atoms with Gasteiger partial charge in [0.15, 0.2) is 6.20 Å². The molecule has 0 bridgehead atoms. The second kappa shape index (κ2) is 7.73. The third-order valence-corrected chi connectivity index (χ3v) is 7.71. The molecule has 1 atom stereocenters. The van der Waals surface area contributed by atoms with Crippen molar-refractivity contribution in [1.29, 1.82) is 0 Å². The molecule has 33 heavy (non-hydrogen) atoms. The Labute approximate surface area is 198 Å². The molecule has 7 heteroatoms. The summed E-state index contributed by atoms with van der Waals surface area (Å²) in [7, 11) is 4.33. The van der Waals surface area contributed by atoms with Crippen molar-refractivity contribution in [2.45, 2.75) is 24.8 Å². The van der Waals surface area contributed by atoms with Crippen LogP contribution in [-0.4, -0.2) is 53.2 Å². The highest BCUT2D eigenvalue weighted by Crippen LogP contribution is 2.47. The Morgan fingerprint density at radius 2 is 1.97 bits per heavy atom. The zero-order valence-corrected chi connectivity index (χ0v) is 19.7. The van der Waals surface area contributed by atoms with Gasteiger partial charge in [0.1, 0.15) is 5.54 Å². The second-order valence-electron chi connectivity index (χ2n) is 9.31. The van der Waals surface area contributed by atoms with Gasteiger partial charge in [-0.25, -0.2) is 15.0 Å². The Balaban J connectivity index is 1.53. The summed E-state index contributed by atoms with van der Waals surface area (Å²) < 4.78 is 0.438. The van der Waals surface area contributed by atoms with Gasteiger partial charge in [0.05, 0.1) is 40.4 Å². The van der Waals surface area contributed by atoms with Gasteiger partial charge in [-0.15, -0.1) is 15.9 Å². The molecule has 0 N–H and O–H groups in total. The Bertz CT molecular complexity index is 1320. The highest BCUT2D eigenvalue weighted by Gasteiger charge is 2.55. The van der Waals surface area contributed by atoms with Gasteiger partial charge in [0.2, 0.25) is 12.0 Å². The van der Waals surface area contributed by atoms with E-state index < -0.39 is 0 Å². The van der Waals surface area contributed by atoms with E-state index in [4.69, 9.17) is 4.98 Å². The first kappa shape index (κ1) is 20.5. The van der Waals surface area contributed by atoms with Gasteiger partial charge < -0.3 is 4.90 Å². The smallest absolute Gasteiger partial charge is 0.225 e. The molecule has 1 aliphatic carbocycles. The summed E-state index contributed by atoms with van der Waals surface area (Å²) in [5.41, 5.74) is 4.24. The molecule has 2 aliphatic heterocycles. The molecule has 1 aromatic carbocycles. The lowest BCUT2D eigenvalue weighted by molar-refractivity contribution is -0.751. The van der Waals surface area contributed by atoms with Crippen LogP contribution in [0.2, 0.25) is 0 Å². The van der Waals surface area contributed by atoms with Crippen LogP contribution in [0.25, 0.3) is 21.5 Å². The van der Waals surface area contributed by atoms with Crippen LogP contribution in [0.1, 0.15) is 19.3 Å². The molecule has 166 valence electrons. The number of likely N-dealkylation sites (N-methyl/N-ethyl adjacent to an activating group) is 1. The van der Waals surface area contributed by atoms with Gasteiger partial charge in [0.25, 0.3) is 0 Å². The molecule has 3 aliphatic rings. The van der Waals surface area contributed by atoms with Crippen LogP contribution in [0.3, 0.4) is 0 Å². The molecule has 0 saturated heterocycles. The number of thiophene rings is 1. The largest absolute Gasteiger partial charge is 0.307 e. The Morgan fingerprint density at radius 3 is 2.73 bits per heavy atom. The number of pyridine rings is 1. The number of quaternary nitrogens is 1. The predicted octanol–water partition coefficient (Wildman–Crippen LogP) is 5.42. The molecule has 0 spiro atoms. The molecular formula is C26H27N6S+. The van der Waals surface area contributed by atoms with Crippen LogP contribution in [0, 0.1) is 0 Å². The summed E-state index contributed by atoms with van der Waals surface area (Å²) in [5, 5.41) is 5.79. The lowest BCUT2D eigenvalue weighted by atomic mass is 9.75. The molecule has 1 fully saturated rings. The number of rotatable bonds is 6. The molecule has 1 unspecified atom stereocenters. The average molecular weight is 456 g/mol. The van der Waals surface area contributed by atoms with Gasteiger partial charge >= 0.3 is 0 Å². The summed E-state index contributed by atoms with van der Waals surface area (Å²) in [6.07, 6.45) is 13.4. The molecule has 0 radical (unpaired) electrons. The molecular weight excluding hydrogens is 428 g/mol. The zero-order chi connectivity index (χ0) is 22.5. The first-order valence-corrected chi connectivity index (χ1v) is 12.2. The van der Waals surface area contributed by atoms with Gasteiger partial charge in [0, 0.05) is 11.9 Å². The Hall–Kier alpha value is -3.13. The zero-order valence-electron chi connectivity index (χ0n) is 18.9. The van der Waals surface area contributed by atoms with Crippen molar-refractivity contribution in [1.82, 2.24) is 9.88 Å². The highest BCUT2D eigenvalue weighted by molar-refractivity contribution is 7.13. The highest BCUT2D eigenvalue weighted by atomic mass is 32.1. The fourth-order valence-corrected chi connectivity index (χ4v) is 6.03. The van der Waals surface area contributed by atoms with Crippen LogP contribution in [0.5, 0.6) is 0 Å². The topological polar surface area (TPSA) is 44.1 Å². The van der Waals surface area contributed by atoms with E-state index in [9.17, 15) is 0 Å². The lowest BCUT2D eigenvalue weighted by Gasteiger charge is -2.55. The average Bonchev–Trinajstić information content (AvgIpc) is 3.47. The first-order valence-electron chi connectivity index (χ1n) is 11.3. The molecule has 4 heterocycles. The molecule has 1 saturated carbocycles.